The van der Waals surface area contributed by atoms with Crippen LogP contribution >= 0.6 is 0 Å². The number of nitrogens with zero attached hydrogens (tertiary/aromatic N) is 2. The van der Waals surface area contributed by atoms with Crippen molar-refractivity contribution < 1.29 is 14.8 Å². The van der Waals surface area contributed by atoms with Crippen LogP contribution in [-0.2, 0) is 0 Å². The van der Waals surface area contributed by atoms with Crippen LogP contribution in [0.5, 0.6) is 5.75 Å². The molecule has 0 amide bonds. The number of unbranched alkanes of at least 4 members (excludes halogenated alkanes) is 1. The molecule has 0 heterocycles. The molecule has 0 bridgehead atoms. The van der Waals surface area contributed by atoms with E-state index in [0.29, 0.717) is 30.8 Å². The van der Waals surface area contributed by atoms with Gasteiger partial charge in [-0.2, -0.15) is 5.26 Å². The van der Waals surface area contributed by atoms with Gasteiger partial charge in [0, 0.05) is 24.1 Å². The Bertz CT molecular complexity index is 466. The number of benzene rings is 1. The van der Waals surface area contributed by atoms with Crippen molar-refractivity contribution in [3.05, 3.63) is 33.9 Å². The minimum atomic E-state index is -0.851. The lowest BCUT2D eigenvalue weighted by molar-refractivity contribution is -0.385. The predicted octanol–water partition coefficient (Wildman–Crippen LogP) is 2.33. The van der Waals surface area contributed by atoms with Gasteiger partial charge >= 0.3 is 0 Å². The molecule has 0 aliphatic rings. The Kier molecular flexibility index (Phi) is 5.08. The highest BCUT2D eigenvalue weighted by atomic mass is 16.6. The molecule has 0 aliphatic heterocycles. The molecule has 1 rings (SSSR count). The van der Waals surface area contributed by atoms with Crippen molar-refractivity contribution in [3.63, 3.8) is 0 Å². The van der Waals surface area contributed by atoms with Crippen LogP contribution in [0.1, 0.15) is 31.4 Å². The van der Waals surface area contributed by atoms with E-state index in [1.54, 1.807) is 0 Å². The number of non-ortho nitro benzene ring substituents is 1. The summed E-state index contributed by atoms with van der Waals surface area (Å²) in [6, 6.07) is 6.08. The van der Waals surface area contributed by atoms with Crippen molar-refractivity contribution in [1.29, 1.82) is 5.26 Å². The van der Waals surface area contributed by atoms with E-state index in [1.807, 2.05) is 6.07 Å². The summed E-state index contributed by atoms with van der Waals surface area (Å²) < 4.78 is 5.40. The first-order valence-electron chi connectivity index (χ1n) is 5.52. The molecule has 0 unspecified atom stereocenters. The van der Waals surface area contributed by atoms with Crippen molar-refractivity contribution >= 4 is 5.69 Å². The lowest BCUT2D eigenvalue weighted by Gasteiger charge is -2.12. The first-order valence-corrected chi connectivity index (χ1v) is 5.52. The van der Waals surface area contributed by atoms with E-state index in [9.17, 15) is 15.2 Å². The zero-order valence-corrected chi connectivity index (χ0v) is 10.00. The lowest BCUT2D eigenvalue weighted by Crippen LogP contribution is -2.03. The smallest absolute Gasteiger partial charge is 0.270 e. The molecule has 1 aromatic rings. The Hall–Kier alpha value is -2.13. The van der Waals surface area contributed by atoms with Gasteiger partial charge in [-0.3, -0.25) is 10.1 Å². The zero-order chi connectivity index (χ0) is 13.5. The molecule has 0 saturated heterocycles. The molecule has 0 spiro atoms. The molecule has 1 N–H and O–H groups in total. The molecule has 0 aromatic heterocycles. The fraction of sp³-hybridized carbons (Fsp3) is 0.417. The summed E-state index contributed by atoms with van der Waals surface area (Å²) in [7, 11) is 0. The van der Waals surface area contributed by atoms with E-state index < -0.39 is 11.0 Å². The van der Waals surface area contributed by atoms with Crippen LogP contribution in [0, 0.1) is 21.4 Å². The Morgan fingerprint density at radius 2 is 2.33 bits per heavy atom. The predicted molar refractivity (Wildman–Crippen MR) is 64.1 cm³/mol. The summed E-state index contributed by atoms with van der Waals surface area (Å²) in [5.74, 6) is 0.411. The topological polar surface area (TPSA) is 96.4 Å². The average molecular weight is 250 g/mol. The van der Waals surface area contributed by atoms with Gasteiger partial charge in [-0.25, -0.2) is 0 Å². The third-order valence-electron chi connectivity index (χ3n) is 2.34. The maximum absolute atomic E-state index is 10.6. The van der Waals surface area contributed by atoms with E-state index in [-0.39, 0.29) is 5.69 Å². The molecule has 6 nitrogen and oxygen atoms in total. The summed E-state index contributed by atoms with van der Waals surface area (Å²) in [4.78, 5) is 10.1. The summed E-state index contributed by atoms with van der Waals surface area (Å²) >= 11 is 0. The number of nitro groups is 1. The van der Waals surface area contributed by atoms with Crippen molar-refractivity contribution in [2.75, 3.05) is 6.61 Å². The van der Waals surface area contributed by atoms with Crippen LogP contribution in [0.15, 0.2) is 18.2 Å². The number of hydrogen-bond acceptors (Lipinski definition) is 5. The van der Waals surface area contributed by atoms with Gasteiger partial charge in [0.1, 0.15) is 5.75 Å². The van der Waals surface area contributed by atoms with Gasteiger partial charge in [-0.15, -0.1) is 0 Å². The molecule has 96 valence electrons. The second kappa shape index (κ2) is 6.57. The molecule has 0 radical (unpaired) electrons. The van der Waals surface area contributed by atoms with Gasteiger partial charge in [0.15, 0.2) is 0 Å². The second-order valence-corrected chi connectivity index (χ2v) is 3.77. The SMILES string of the molecule is C[C@H](O)c1cc([N+](=O)[O-])ccc1OCCCC#N. The van der Waals surface area contributed by atoms with Crippen molar-refractivity contribution in [1.82, 2.24) is 0 Å². The third-order valence-corrected chi connectivity index (χ3v) is 2.34. The third kappa shape index (κ3) is 3.71. The molecule has 1 aromatic carbocycles. The van der Waals surface area contributed by atoms with Gasteiger partial charge in [-0.05, 0) is 19.4 Å². The van der Waals surface area contributed by atoms with Gasteiger partial charge in [0.25, 0.3) is 5.69 Å². The maximum atomic E-state index is 10.6. The summed E-state index contributed by atoms with van der Waals surface area (Å²) in [5.41, 5.74) is 0.288. The molecule has 18 heavy (non-hydrogen) atoms. The Morgan fingerprint density at radius 3 is 2.89 bits per heavy atom. The number of hydrogen-bond donors (Lipinski definition) is 1. The Morgan fingerprint density at radius 1 is 1.61 bits per heavy atom. The Balaban J connectivity index is 2.84. The number of rotatable bonds is 6. The lowest BCUT2D eigenvalue weighted by atomic mass is 10.1. The van der Waals surface area contributed by atoms with Gasteiger partial charge in [-0.1, -0.05) is 0 Å². The summed E-state index contributed by atoms with van der Waals surface area (Å²) in [5, 5.41) is 28.6. The number of nitriles is 1. The molecular formula is C12H14N2O4. The zero-order valence-electron chi connectivity index (χ0n) is 10.00. The van der Waals surface area contributed by atoms with Crippen molar-refractivity contribution in [2.45, 2.75) is 25.9 Å². The largest absolute Gasteiger partial charge is 0.493 e. The van der Waals surface area contributed by atoms with Crippen LogP contribution in [0.4, 0.5) is 5.69 Å². The van der Waals surface area contributed by atoms with E-state index in [0.717, 1.165) is 0 Å². The van der Waals surface area contributed by atoms with E-state index >= 15 is 0 Å². The van der Waals surface area contributed by atoms with Gasteiger partial charge < -0.3 is 9.84 Å². The fourth-order valence-corrected chi connectivity index (χ4v) is 1.44. The summed E-state index contributed by atoms with van der Waals surface area (Å²) in [6.45, 7) is 1.85. The van der Waals surface area contributed by atoms with Gasteiger partial charge in [0.2, 0.25) is 0 Å². The van der Waals surface area contributed by atoms with E-state index in [1.165, 1.54) is 25.1 Å². The number of ether oxygens (including phenoxy) is 1. The normalized spacial score (nSPS) is 11.6. The first kappa shape index (κ1) is 13.9. The molecule has 0 aliphatic carbocycles. The van der Waals surface area contributed by atoms with Crippen LogP contribution in [-0.4, -0.2) is 16.6 Å². The monoisotopic (exact) mass is 250 g/mol. The first-order chi connectivity index (χ1) is 8.56. The molecular weight excluding hydrogens is 236 g/mol. The number of nitro benzene ring substituents is 1. The van der Waals surface area contributed by atoms with Crippen molar-refractivity contribution in [3.8, 4) is 11.8 Å². The minimum absolute atomic E-state index is 0.0877. The minimum Gasteiger partial charge on any atom is -0.493 e. The van der Waals surface area contributed by atoms with Crippen LogP contribution in [0.25, 0.3) is 0 Å². The number of aliphatic hydroxyl groups excluding tert-OH is 1. The van der Waals surface area contributed by atoms with Crippen LogP contribution < -0.4 is 4.74 Å². The van der Waals surface area contributed by atoms with E-state index in [2.05, 4.69) is 0 Å². The summed E-state index contributed by atoms with van der Waals surface area (Å²) in [6.07, 6.45) is 0.111. The fourth-order valence-electron chi connectivity index (χ4n) is 1.44. The highest BCUT2D eigenvalue weighted by molar-refractivity contribution is 5.44. The standard InChI is InChI=1S/C12H14N2O4/c1-9(15)11-8-10(14(16)17)4-5-12(11)18-7-3-2-6-13/h4-5,8-9,15H,2-3,7H2,1H3/t9-/m0/s1. The second-order valence-electron chi connectivity index (χ2n) is 3.77. The van der Waals surface area contributed by atoms with Gasteiger partial charge in [0.05, 0.1) is 23.7 Å². The molecule has 0 fully saturated rings. The quantitative estimate of drug-likeness (QED) is 0.474. The van der Waals surface area contributed by atoms with E-state index in [4.69, 9.17) is 10.00 Å². The van der Waals surface area contributed by atoms with Crippen molar-refractivity contribution in [2.24, 2.45) is 0 Å². The maximum Gasteiger partial charge on any atom is 0.270 e. The molecule has 1 atom stereocenters. The number of aliphatic hydroxyl groups is 1. The highest BCUT2D eigenvalue weighted by Crippen LogP contribution is 2.29. The van der Waals surface area contributed by atoms with Crippen LogP contribution in [0.2, 0.25) is 0 Å². The molecule has 6 heteroatoms. The molecule has 0 saturated carbocycles. The average Bonchev–Trinajstić information content (AvgIpc) is 2.34. The van der Waals surface area contributed by atoms with Crippen LogP contribution in [0.3, 0.4) is 0 Å². The highest BCUT2D eigenvalue weighted by Gasteiger charge is 2.15. The Labute approximate surface area is 105 Å².